The topological polar surface area (TPSA) is 87.0 Å². The van der Waals surface area contributed by atoms with E-state index >= 15 is 0 Å². The number of carbonyl (C=O) groups is 2. The summed E-state index contributed by atoms with van der Waals surface area (Å²) >= 11 is 0. The zero-order chi connectivity index (χ0) is 28.7. The van der Waals surface area contributed by atoms with Crippen LogP contribution in [0.15, 0.2) is 71.1 Å². The number of hydrogen-bond donors (Lipinski definition) is 1. The quantitative estimate of drug-likeness (QED) is 0.156. The fourth-order valence-corrected chi connectivity index (χ4v) is 4.36. The summed E-state index contributed by atoms with van der Waals surface area (Å²) in [5.74, 6) is 0.979. The normalized spacial score (nSPS) is 11.4. The van der Waals surface area contributed by atoms with Crippen LogP contribution in [-0.2, 0) is 29.0 Å². The second kappa shape index (κ2) is 12.8. The lowest BCUT2D eigenvalue weighted by atomic mass is 9.99. The maximum absolute atomic E-state index is 12.2. The van der Waals surface area contributed by atoms with Gasteiger partial charge in [-0.15, -0.1) is 0 Å². The van der Waals surface area contributed by atoms with E-state index in [9.17, 15) is 9.59 Å². The monoisotopic (exact) mass is 543 g/mol. The molecule has 0 saturated carbocycles. The lowest BCUT2D eigenvalue weighted by molar-refractivity contribution is 0.0523. The van der Waals surface area contributed by atoms with E-state index in [0.717, 1.165) is 45.4 Å². The van der Waals surface area contributed by atoms with E-state index in [0.29, 0.717) is 37.7 Å². The number of ketones is 1. The fraction of sp³-hybridized carbons (Fsp3) is 0.333. The molecular formula is C33H37NO6. The van der Waals surface area contributed by atoms with Crippen molar-refractivity contribution in [1.82, 2.24) is 5.32 Å². The first-order valence-corrected chi connectivity index (χ1v) is 13.5. The fourth-order valence-electron chi connectivity index (χ4n) is 4.36. The molecule has 0 bridgehead atoms. The molecular weight excluding hydrogens is 506 g/mol. The molecule has 7 heteroatoms. The average Bonchev–Trinajstić information content (AvgIpc) is 3.35. The Morgan fingerprint density at radius 2 is 1.75 bits per heavy atom. The molecule has 0 unspecified atom stereocenters. The highest BCUT2D eigenvalue weighted by Crippen LogP contribution is 2.34. The van der Waals surface area contributed by atoms with Crippen LogP contribution in [0.2, 0.25) is 0 Å². The van der Waals surface area contributed by atoms with E-state index in [1.54, 1.807) is 6.07 Å². The number of rotatable bonds is 11. The summed E-state index contributed by atoms with van der Waals surface area (Å²) in [7, 11) is 0. The molecule has 210 valence electrons. The molecule has 1 heterocycles. The third kappa shape index (κ3) is 7.73. The first-order valence-electron chi connectivity index (χ1n) is 13.5. The third-order valence-electron chi connectivity index (χ3n) is 6.18. The van der Waals surface area contributed by atoms with Crippen LogP contribution in [0.3, 0.4) is 0 Å². The number of para-hydroxylation sites is 1. The van der Waals surface area contributed by atoms with Crippen molar-refractivity contribution in [2.24, 2.45) is 0 Å². The summed E-state index contributed by atoms with van der Waals surface area (Å²) < 4.78 is 23.1. The molecule has 0 radical (unpaired) electrons. The van der Waals surface area contributed by atoms with Crippen LogP contribution in [-0.4, -0.2) is 30.7 Å². The Bertz CT molecular complexity index is 1480. The van der Waals surface area contributed by atoms with Gasteiger partial charge in [0.2, 0.25) is 0 Å². The molecule has 0 saturated heterocycles. The van der Waals surface area contributed by atoms with E-state index < -0.39 is 11.7 Å². The maximum atomic E-state index is 12.2. The van der Waals surface area contributed by atoms with Crippen LogP contribution in [0.1, 0.15) is 61.9 Å². The molecule has 4 aromatic rings. The van der Waals surface area contributed by atoms with Gasteiger partial charge in [-0.1, -0.05) is 36.4 Å². The van der Waals surface area contributed by atoms with Gasteiger partial charge in [-0.3, -0.25) is 4.79 Å². The van der Waals surface area contributed by atoms with E-state index in [1.807, 2.05) is 82.3 Å². The Kier molecular flexibility index (Phi) is 9.27. The van der Waals surface area contributed by atoms with Crippen molar-refractivity contribution in [3.63, 3.8) is 0 Å². The minimum atomic E-state index is -0.572. The van der Waals surface area contributed by atoms with Crippen LogP contribution in [0.4, 0.5) is 4.79 Å². The molecule has 0 aliphatic rings. The van der Waals surface area contributed by atoms with Crippen molar-refractivity contribution in [1.29, 1.82) is 0 Å². The Hall–Kier alpha value is -4.10. The molecule has 40 heavy (non-hydrogen) atoms. The highest BCUT2D eigenvalue weighted by molar-refractivity contribution is 6.00. The molecule has 7 nitrogen and oxygen atoms in total. The Morgan fingerprint density at radius 1 is 0.950 bits per heavy atom. The number of alkyl carbamates (subject to hydrolysis) is 1. The molecule has 1 amide bonds. The van der Waals surface area contributed by atoms with E-state index in [2.05, 4.69) is 11.4 Å². The molecule has 1 N–H and O–H groups in total. The van der Waals surface area contributed by atoms with Gasteiger partial charge in [-0.05, 0) is 86.7 Å². The van der Waals surface area contributed by atoms with Crippen LogP contribution in [0, 0.1) is 0 Å². The number of amides is 1. The van der Waals surface area contributed by atoms with Gasteiger partial charge >= 0.3 is 6.09 Å². The summed E-state index contributed by atoms with van der Waals surface area (Å²) in [4.78, 5) is 24.3. The molecule has 0 fully saturated rings. The summed E-state index contributed by atoms with van der Waals surface area (Å²) in [6.45, 7) is 10.9. The van der Waals surface area contributed by atoms with Gasteiger partial charge in [0, 0.05) is 31.0 Å². The lowest BCUT2D eigenvalue weighted by Crippen LogP contribution is -2.32. The molecule has 4 rings (SSSR count). The highest BCUT2D eigenvalue weighted by atomic mass is 16.6. The number of carbonyl (C=O) groups excluding carboxylic acids is 2. The van der Waals surface area contributed by atoms with Gasteiger partial charge in [0.05, 0.1) is 6.61 Å². The predicted octanol–water partition coefficient (Wildman–Crippen LogP) is 7.49. The summed E-state index contributed by atoms with van der Waals surface area (Å²) in [5, 5.41) is 3.63. The zero-order valence-electron chi connectivity index (χ0n) is 23.8. The molecule has 0 aliphatic carbocycles. The minimum absolute atomic E-state index is 0.140. The molecule has 0 spiro atoms. The van der Waals surface area contributed by atoms with Gasteiger partial charge in [-0.25, -0.2) is 4.79 Å². The van der Waals surface area contributed by atoms with Crippen LogP contribution in [0.5, 0.6) is 5.75 Å². The van der Waals surface area contributed by atoms with Crippen LogP contribution < -0.4 is 10.1 Å². The summed E-state index contributed by atoms with van der Waals surface area (Å²) in [6, 6.07) is 21.6. The molecule has 1 aromatic heterocycles. The number of ether oxygens (including phenoxy) is 3. The largest absolute Gasteiger partial charge is 0.489 e. The van der Waals surface area contributed by atoms with Crippen molar-refractivity contribution in [2.75, 3.05) is 13.2 Å². The number of hydrogen-bond acceptors (Lipinski definition) is 6. The summed E-state index contributed by atoms with van der Waals surface area (Å²) in [5.41, 5.74) is 4.73. The number of furan rings is 1. The number of fused-ring (bicyclic) bond motifs is 1. The molecule has 3 aromatic carbocycles. The molecule has 0 atom stereocenters. The second-order valence-corrected chi connectivity index (χ2v) is 10.6. The first kappa shape index (κ1) is 28.9. The minimum Gasteiger partial charge on any atom is -0.489 e. The Balaban J connectivity index is 1.61. The van der Waals surface area contributed by atoms with Crippen molar-refractivity contribution in [3.8, 4) is 16.9 Å². The third-order valence-corrected chi connectivity index (χ3v) is 6.18. The average molecular weight is 544 g/mol. The first-order chi connectivity index (χ1) is 19.1. The standard InChI is InChI=1S/C33H37NO6/c1-6-37-15-14-25-11-7-8-13-29(25)38-21-24-17-27-19-30(22(2)35)39-31(27)28(18-24)26-12-9-10-23(16-26)20-34-32(36)40-33(3,4)5/h7-13,16-19H,6,14-15,20-21H2,1-5H3,(H,34,36). The maximum Gasteiger partial charge on any atom is 0.407 e. The Morgan fingerprint density at radius 3 is 2.50 bits per heavy atom. The van der Waals surface area contributed by atoms with Crippen molar-refractivity contribution in [2.45, 2.75) is 59.8 Å². The highest BCUT2D eigenvalue weighted by Gasteiger charge is 2.17. The van der Waals surface area contributed by atoms with Crippen molar-refractivity contribution in [3.05, 3.63) is 89.2 Å². The smallest absolute Gasteiger partial charge is 0.407 e. The zero-order valence-corrected chi connectivity index (χ0v) is 23.8. The lowest BCUT2D eigenvalue weighted by Gasteiger charge is -2.19. The van der Waals surface area contributed by atoms with Gasteiger partial charge in [0.1, 0.15) is 23.5 Å². The predicted molar refractivity (Wildman–Crippen MR) is 156 cm³/mol. The number of Topliss-reactive ketones (excluding diaryl/α,β-unsaturated/α-hetero) is 1. The number of benzene rings is 3. The van der Waals surface area contributed by atoms with Crippen molar-refractivity contribution < 1.29 is 28.2 Å². The second-order valence-electron chi connectivity index (χ2n) is 10.6. The number of nitrogens with one attached hydrogen (secondary N) is 1. The van der Waals surface area contributed by atoms with Crippen molar-refractivity contribution >= 4 is 22.8 Å². The van der Waals surface area contributed by atoms with E-state index in [4.69, 9.17) is 18.6 Å². The van der Waals surface area contributed by atoms with Gasteiger partial charge in [0.15, 0.2) is 11.5 Å². The van der Waals surface area contributed by atoms with E-state index in [1.165, 1.54) is 6.92 Å². The Labute approximate surface area is 235 Å². The summed E-state index contributed by atoms with van der Waals surface area (Å²) in [6.07, 6.45) is 0.292. The van der Waals surface area contributed by atoms with E-state index in [-0.39, 0.29) is 5.78 Å². The SMILES string of the molecule is CCOCCc1ccccc1OCc1cc(-c2cccc(CNC(=O)OC(C)(C)C)c2)c2oc(C(C)=O)cc2c1. The van der Waals surface area contributed by atoms with Gasteiger partial charge in [0.25, 0.3) is 0 Å². The molecule has 0 aliphatic heterocycles. The van der Waals surface area contributed by atoms with Crippen LogP contribution >= 0.6 is 0 Å². The van der Waals surface area contributed by atoms with Gasteiger partial charge in [-0.2, -0.15) is 0 Å². The van der Waals surface area contributed by atoms with Crippen LogP contribution in [0.25, 0.3) is 22.1 Å². The van der Waals surface area contributed by atoms with Gasteiger partial charge < -0.3 is 23.9 Å².